The molecule has 0 aliphatic carbocycles. The Morgan fingerprint density at radius 1 is 0.222 bits per heavy atom. The zero-order chi connectivity index (χ0) is 0. The van der Waals surface area contributed by atoms with E-state index in [2.05, 4.69) is 0 Å². The first kappa shape index (κ1) is 64.8. The third-order valence-electron chi connectivity index (χ3n) is 0. The average Bonchev–Trinajstić information content (AvgIpc) is 0. The van der Waals surface area contributed by atoms with Crippen molar-refractivity contribution >= 4 is 0 Å². The molecule has 0 aliphatic heterocycles. The van der Waals surface area contributed by atoms with Crippen molar-refractivity contribution < 1.29 is 262 Å². The van der Waals surface area contributed by atoms with Gasteiger partial charge in [-0.1, -0.05) is 0 Å². The van der Waals surface area contributed by atoms with Gasteiger partial charge in [0, 0.05) is 262 Å². The molecule has 0 aromatic heterocycles. The minimum Gasteiger partial charge on any atom is -0.358 e. The molecule has 0 aliphatic rings. The summed E-state index contributed by atoms with van der Waals surface area (Å²) in [4.78, 5) is 0. The van der Waals surface area contributed by atoms with Gasteiger partial charge in [0.25, 0.3) is 0 Å². The third-order valence-corrected chi connectivity index (χ3v) is 0. The summed E-state index contributed by atoms with van der Waals surface area (Å²) < 4.78 is 0. The van der Waals surface area contributed by atoms with E-state index in [0.29, 0.717) is 0 Å². The van der Waals surface area contributed by atoms with Crippen LogP contribution in [0, 0.1) is 7.43 Å². The van der Waals surface area contributed by atoms with Gasteiger partial charge in [-0.2, -0.15) is 0 Å². The molecular formula is CH3Y8-. The molecule has 0 N–H and O–H groups in total. The first-order valence-electron chi connectivity index (χ1n) is 0. The van der Waals surface area contributed by atoms with Crippen molar-refractivity contribution in [3.8, 4) is 0 Å². The number of hydrogen-bond donors (Lipinski definition) is 0. The van der Waals surface area contributed by atoms with Gasteiger partial charge in [-0.3, -0.25) is 0 Å². The summed E-state index contributed by atoms with van der Waals surface area (Å²) in [6.07, 6.45) is 0. The van der Waals surface area contributed by atoms with Gasteiger partial charge in [0.1, 0.15) is 0 Å². The molecule has 0 bridgehead atoms. The van der Waals surface area contributed by atoms with Crippen LogP contribution in [0.15, 0.2) is 0 Å². The van der Waals surface area contributed by atoms with Crippen LogP contribution in [0.2, 0.25) is 0 Å². The Bertz CT molecular complexity index is 4.53. The fraction of sp³-hybridized carbons (Fsp3) is 0. The van der Waals surface area contributed by atoms with Crippen molar-refractivity contribution in [2.75, 3.05) is 0 Å². The van der Waals surface area contributed by atoms with E-state index < -0.39 is 0 Å². The van der Waals surface area contributed by atoms with Crippen molar-refractivity contribution in [2.24, 2.45) is 0 Å². The van der Waals surface area contributed by atoms with Gasteiger partial charge in [0.15, 0.2) is 0 Å². The molecule has 0 aromatic carbocycles. The predicted octanol–water partition coefficient (Wildman–Crippen LogP) is 0.430. The van der Waals surface area contributed by atoms with Gasteiger partial charge in [-0.25, -0.2) is 0 Å². The average molecular weight is 726 g/mol. The molecule has 0 saturated carbocycles. The maximum absolute atomic E-state index is 0. The molecule has 9 heavy (non-hydrogen) atoms. The van der Waals surface area contributed by atoms with Crippen molar-refractivity contribution in [2.45, 2.75) is 0 Å². The molecule has 8 radical (unpaired) electrons. The van der Waals surface area contributed by atoms with Crippen LogP contribution in [0.25, 0.3) is 0 Å². The maximum atomic E-state index is 0. The largest absolute Gasteiger partial charge is 0.358 e. The number of hydrogen-bond acceptors (Lipinski definition) is 0. The first-order chi connectivity index (χ1) is 0. The fourth-order valence-corrected chi connectivity index (χ4v) is 0. The Labute approximate surface area is 260 Å². The molecule has 8 heteroatoms. The van der Waals surface area contributed by atoms with Crippen LogP contribution >= 0.6 is 0 Å². The zero-order valence-corrected chi connectivity index (χ0v) is 28.3. The molecule has 0 heterocycles. The van der Waals surface area contributed by atoms with Crippen molar-refractivity contribution in [3.63, 3.8) is 0 Å². The van der Waals surface area contributed by atoms with E-state index in [4.69, 9.17) is 0 Å². The minimum absolute atomic E-state index is 0. The van der Waals surface area contributed by atoms with Crippen LogP contribution in [0.4, 0.5) is 0 Å². The molecule has 32 valence electrons. The first-order valence-corrected chi connectivity index (χ1v) is 0. The van der Waals surface area contributed by atoms with E-state index >= 15 is 0 Å². The van der Waals surface area contributed by atoms with E-state index in [9.17, 15) is 0 Å². The van der Waals surface area contributed by atoms with E-state index in [1.807, 2.05) is 0 Å². The second kappa shape index (κ2) is 54.1. The molecule has 0 amide bonds. The van der Waals surface area contributed by atoms with Gasteiger partial charge in [0.2, 0.25) is 0 Å². The van der Waals surface area contributed by atoms with Crippen LogP contribution < -0.4 is 0 Å². The van der Waals surface area contributed by atoms with Gasteiger partial charge in [0.05, 0.1) is 0 Å². The summed E-state index contributed by atoms with van der Waals surface area (Å²) in [6, 6.07) is 0. The van der Waals surface area contributed by atoms with Gasteiger partial charge in [-0.05, 0) is 0 Å². The second-order valence-corrected chi connectivity index (χ2v) is 0. The Morgan fingerprint density at radius 2 is 0.222 bits per heavy atom. The zero-order valence-electron chi connectivity index (χ0n) is 5.62. The summed E-state index contributed by atoms with van der Waals surface area (Å²) >= 11 is 0. The van der Waals surface area contributed by atoms with Crippen LogP contribution in [0.5, 0.6) is 0 Å². The quantitative estimate of drug-likeness (QED) is 0.319. The molecule has 0 atom stereocenters. The summed E-state index contributed by atoms with van der Waals surface area (Å²) in [7, 11) is 0. The van der Waals surface area contributed by atoms with Crippen LogP contribution in [-0.2, 0) is 262 Å². The Kier molecular flexibility index (Phi) is 389. The molecule has 0 saturated heterocycles. The third kappa shape index (κ3) is 47.5. The molecule has 0 spiro atoms. The summed E-state index contributed by atoms with van der Waals surface area (Å²) in [5.41, 5.74) is 0. The minimum atomic E-state index is 0. The van der Waals surface area contributed by atoms with Crippen molar-refractivity contribution in [1.82, 2.24) is 0 Å². The van der Waals surface area contributed by atoms with Gasteiger partial charge in [-0.15, -0.1) is 0 Å². The number of rotatable bonds is 0. The van der Waals surface area contributed by atoms with E-state index in [-0.39, 0.29) is 269 Å². The standard InChI is InChI=1S/CH3.8Y/h1H3;;;;;;;;/q-1;;;;;;;;. The monoisotopic (exact) mass is 726 g/mol. The van der Waals surface area contributed by atoms with Crippen LogP contribution in [-0.4, -0.2) is 0 Å². The smallest absolute Gasteiger partial charge is 0 e. The van der Waals surface area contributed by atoms with E-state index in [1.54, 1.807) is 0 Å². The molecule has 0 nitrogen and oxygen atoms in total. The fourth-order valence-electron chi connectivity index (χ4n) is 0. The van der Waals surface area contributed by atoms with Gasteiger partial charge >= 0.3 is 0 Å². The second-order valence-electron chi connectivity index (χ2n) is 0. The Hall–Kier alpha value is 8.83. The summed E-state index contributed by atoms with van der Waals surface area (Å²) in [5, 5.41) is 0. The Balaban J connectivity index is 0. The molecular weight excluding hydrogens is 723 g/mol. The normalized spacial score (nSPS) is 0. The predicted molar refractivity (Wildman–Crippen MR) is 6.41 cm³/mol. The summed E-state index contributed by atoms with van der Waals surface area (Å²) in [6.45, 7) is 0. The molecule has 0 aromatic rings. The Morgan fingerprint density at radius 3 is 0.222 bits per heavy atom. The SMILES string of the molecule is [CH3-].[Y].[Y].[Y].[Y].[Y].[Y].[Y].[Y]. The van der Waals surface area contributed by atoms with Gasteiger partial charge < -0.3 is 7.43 Å². The van der Waals surface area contributed by atoms with Crippen LogP contribution in [0.1, 0.15) is 0 Å². The van der Waals surface area contributed by atoms with Crippen LogP contribution in [0.3, 0.4) is 0 Å². The van der Waals surface area contributed by atoms with E-state index in [1.165, 1.54) is 0 Å². The van der Waals surface area contributed by atoms with Crippen molar-refractivity contribution in [3.05, 3.63) is 7.43 Å². The maximum Gasteiger partial charge on any atom is 0 e. The molecule has 0 fully saturated rings. The topological polar surface area (TPSA) is 0 Å². The van der Waals surface area contributed by atoms with E-state index in [0.717, 1.165) is 0 Å². The molecule has 0 unspecified atom stereocenters. The molecule has 0 rings (SSSR count). The van der Waals surface area contributed by atoms with Crippen molar-refractivity contribution in [1.29, 1.82) is 0 Å². The summed E-state index contributed by atoms with van der Waals surface area (Å²) in [5.74, 6) is 0.